The van der Waals surface area contributed by atoms with Crippen molar-refractivity contribution in [3.63, 3.8) is 0 Å². The molecule has 5 rings (SSSR count). The molecule has 1 atom stereocenters. The summed E-state index contributed by atoms with van der Waals surface area (Å²) in [6.45, 7) is 0. The molecule has 1 aliphatic heterocycles. The Morgan fingerprint density at radius 2 is 1.44 bits per heavy atom. The van der Waals surface area contributed by atoms with Crippen molar-refractivity contribution >= 4 is 27.6 Å². The Hall–Kier alpha value is -3.66. The van der Waals surface area contributed by atoms with Crippen molar-refractivity contribution in [2.75, 3.05) is 0 Å². The number of hydrogen-bond acceptors (Lipinski definition) is 3. The van der Waals surface area contributed by atoms with Gasteiger partial charge < -0.3 is 4.74 Å². The summed E-state index contributed by atoms with van der Waals surface area (Å²) in [6, 6.07) is 25.4. The molecule has 130 valence electrons. The maximum Gasteiger partial charge on any atom is 0.291 e. The van der Waals surface area contributed by atoms with Crippen LogP contribution in [0.3, 0.4) is 0 Å². The molecule has 1 aliphatic rings. The van der Waals surface area contributed by atoms with Gasteiger partial charge in [-0.2, -0.15) is 0 Å². The number of ether oxygens (including phenoxy) is 1. The minimum absolute atomic E-state index is 0.0511. The van der Waals surface area contributed by atoms with Crippen molar-refractivity contribution in [3.05, 3.63) is 106 Å². The molecule has 0 aromatic heterocycles. The van der Waals surface area contributed by atoms with Crippen LogP contribution in [0.25, 0.3) is 27.6 Å². The first-order chi connectivity index (χ1) is 13.2. The fourth-order valence-corrected chi connectivity index (χ4v) is 3.79. The van der Waals surface area contributed by atoms with Gasteiger partial charge in [0, 0.05) is 17.2 Å². The Kier molecular flexibility index (Phi) is 3.44. The smallest absolute Gasteiger partial charge is 0.291 e. The third-order valence-electron chi connectivity index (χ3n) is 5.05. The van der Waals surface area contributed by atoms with Crippen LogP contribution in [0.5, 0.6) is 5.75 Å². The normalized spacial score (nSPS) is 15.9. The Morgan fingerprint density at radius 3 is 2.22 bits per heavy atom. The molecule has 4 aromatic rings. The third kappa shape index (κ3) is 2.46. The number of nitrogens with zero attached hydrogens (tertiary/aromatic N) is 1. The molecule has 0 amide bonds. The van der Waals surface area contributed by atoms with Crippen molar-refractivity contribution in [1.29, 1.82) is 0 Å². The summed E-state index contributed by atoms with van der Waals surface area (Å²) in [5.74, 6) is 0.664. The van der Waals surface area contributed by atoms with Gasteiger partial charge >= 0.3 is 0 Å². The van der Waals surface area contributed by atoms with Crippen LogP contribution in [-0.2, 0) is 0 Å². The predicted molar refractivity (Wildman–Crippen MR) is 106 cm³/mol. The van der Waals surface area contributed by atoms with Crippen molar-refractivity contribution in [2.24, 2.45) is 0 Å². The molecule has 0 spiro atoms. The quantitative estimate of drug-likeness (QED) is 0.341. The van der Waals surface area contributed by atoms with Crippen LogP contribution in [0.4, 0.5) is 0 Å². The Bertz CT molecular complexity index is 1240. The lowest BCUT2D eigenvalue weighted by molar-refractivity contribution is -0.434. The third-order valence-corrected chi connectivity index (χ3v) is 5.05. The zero-order valence-electron chi connectivity index (χ0n) is 14.3. The highest BCUT2D eigenvalue weighted by molar-refractivity contribution is 5.94. The summed E-state index contributed by atoms with van der Waals surface area (Å²) in [6.07, 6.45) is 0.910. The maximum absolute atomic E-state index is 11.9. The number of fused-ring (bicyclic) bond motifs is 4. The van der Waals surface area contributed by atoms with Crippen LogP contribution in [0.15, 0.2) is 84.6 Å². The van der Waals surface area contributed by atoms with E-state index < -0.39 is 6.10 Å². The summed E-state index contributed by atoms with van der Waals surface area (Å²) < 4.78 is 6.20. The number of hydrogen-bond donors (Lipinski definition) is 0. The van der Waals surface area contributed by atoms with Gasteiger partial charge in [0.2, 0.25) is 6.10 Å². The largest absolute Gasteiger partial charge is 0.474 e. The summed E-state index contributed by atoms with van der Waals surface area (Å²) in [7, 11) is 0. The number of nitro groups is 1. The van der Waals surface area contributed by atoms with Crippen molar-refractivity contribution < 1.29 is 9.66 Å². The minimum atomic E-state index is -0.750. The lowest BCUT2D eigenvalue weighted by atomic mass is 9.94. The van der Waals surface area contributed by atoms with Crippen LogP contribution in [0.1, 0.15) is 17.2 Å². The standard InChI is InChI=1S/C23H15NO3/c25-24(26)21-14-20-18-10-4-2-7-16(18)12-13-22(20)27-23(21)19-11-5-8-15-6-1-3-9-17(15)19/h1-14,23H. The SMILES string of the molecule is O=[N+]([O-])C1=Cc2c(ccc3ccccc23)OC1c1cccc2ccccc12. The second-order valence-electron chi connectivity index (χ2n) is 6.59. The second kappa shape index (κ2) is 5.95. The fourth-order valence-electron chi connectivity index (χ4n) is 3.79. The average molecular weight is 353 g/mol. The van der Waals surface area contributed by atoms with Gasteiger partial charge in [0.25, 0.3) is 5.70 Å². The van der Waals surface area contributed by atoms with Gasteiger partial charge in [-0.05, 0) is 27.6 Å². The topological polar surface area (TPSA) is 52.4 Å². The van der Waals surface area contributed by atoms with E-state index in [0.717, 1.165) is 32.7 Å². The van der Waals surface area contributed by atoms with Crippen molar-refractivity contribution in [3.8, 4) is 5.75 Å². The van der Waals surface area contributed by atoms with E-state index in [1.54, 1.807) is 6.08 Å². The first kappa shape index (κ1) is 15.6. The molecule has 1 heterocycles. The number of benzene rings is 4. The molecule has 4 nitrogen and oxygen atoms in total. The van der Waals surface area contributed by atoms with Gasteiger partial charge in [-0.15, -0.1) is 0 Å². The molecule has 0 fully saturated rings. The van der Waals surface area contributed by atoms with E-state index in [1.165, 1.54) is 0 Å². The van der Waals surface area contributed by atoms with E-state index >= 15 is 0 Å². The second-order valence-corrected chi connectivity index (χ2v) is 6.59. The van der Waals surface area contributed by atoms with E-state index in [4.69, 9.17) is 4.74 Å². The molecule has 0 bridgehead atoms. The Balaban J connectivity index is 1.75. The highest BCUT2D eigenvalue weighted by Gasteiger charge is 2.34. The van der Waals surface area contributed by atoms with Gasteiger partial charge in [-0.25, -0.2) is 0 Å². The summed E-state index contributed by atoms with van der Waals surface area (Å²) in [5.41, 5.74) is 1.61. The zero-order chi connectivity index (χ0) is 18.4. The lowest BCUT2D eigenvalue weighted by Gasteiger charge is -2.24. The van der Waals surface area contributed by atoms with Crippen LogP contribution in [0, 0.1) is 10.1 Å². The highest BCUT2D eigenvalue weighted by atomic mass is 16.6. The summed E-state index contributed by atoms with van der Waals surface area (Å²) in [4.78, 5) is 11.5. The van der Waals surface area contributed by atoms with E-state index in [1.807, 2.05) is 78.9 Å². The van der Waals surface area contributed by atoms with Gasteiger partial charge in [0.1, 0.15) is 5.75 Å². The predicted octanol–water partition coefficient (Wildman–Crippen LogP) is 5.74. The van der Waals surface area contributed by atoms with Crippen LogP contribution in [0.2, 0.25) is 0 Å². The van der Waals surface area contributed by atoms with Gasteiger partial charge in [-0.1, -0.05) is 72.8 Å². The highest BCUT2D eigenvalue weighted by Crippen LogP contribution is 2.42. The van der Waals surface area contributed by atoms with E-state index in [2.05, 4.69) is 0 Å². The molecule has 4 aromatic carbocycles. The van der Waals surface area contributed by atoms with Crippen LogP contribution >= 0.6 is 0 Å². The maximum atomic E-state index is 11.9. The first-order valence-electron chi connectivity index (χ1n) is 8.74. The molecule has 0 saturated carbocycles. The monoisotopic (exact) mass is 353 g/mol. The van der Waals surface area contributed by atoms with Crippen LogP contribution in [-0.4, -0.2) is 4.92 Å². The van der Waals surface area contributed by atoms with Gasteiger partial charge in [-0.3, -0.25) is 10.1 Å². The van der Waals surface area contributed by atoms with E-state index in [0.29, 0.717) is 5.75 Å². The zero-order valence-corrected chi connectivity index (χ0v) is 14.3. The molecule has 4 heteroatoms. The van der Waals surface area contributed by atoms with Crippen molar-refractivity contribution in [1.82, 2.24) is 0 Å². The molecule has 0 radical (unpaired) electrons. The lowest BCUT2D eigenvalue weighted by Crippen LogP contribution is -2.20. The van der Waals surface area contributed by atoms with Gasteiger partial charge in [0.05, 0.1) is 4.92 Å². The van der Waals surface area contributed by atoms with Gasteiger partial charge in [0.15, 0.2) is 0 Å². The minimum Gasteiger partial charge on any atom is -0.474 e. The Morgan fingerprint density at radius 1 is 0.778 bits per heavy atom. The van der Waals surface area contributed by atoms with E-state index in [9.17, 15) is 10.1 Å². The summed E-state index contributed by atoms with van der Waals surface area (Å²) >= 11 is 0. The molecule has 0 saturated heterocycles. The van der Waals surface area contributed by atoms with Crippen molar-refractivity contribution in [2.45, 2.75) is 6.10 Å². The first-order valence-corrected chi connectivity index (χ1v) is 8.74. The fraction of sp³-hybridized carbons (Fsp3) is 0.0435. The molecule has 1 unspecified atom stereocenters. The Labute approximate surface area is 155 Å². The molecular formula is C23H15NO3. The van der Waals surface area contributed by atoms with Crippen LogP contribution < -0.4 is 4.74 Å². The molecule has 0 N–H and O–H groups in total. The molecule has 0 aliphatic carbocycles. The van der Waals surface area contributed by atoms with E-state index in [-0.39, 0.29) is 10.6 Å². The summed E-state index contributed by atoms with van der Waals surface area (Å²) in [5, 5.41) is 15.9. The molecule has 27 heavy (non-hydrogen) atoms. The number of rotatable bonds is 2. The average Bonchev–Trinajstić information content (AvgIpc) is 2.72. The molecular weight excluding hydrogens is 338 g/mol.